The van der Waals surface area contributed by atoms with E-state index < -0.39 is 6.03 Å². The zero-order valence-corrected chi connectivity index (χ0v) is 17.3. The smallest absolute Gasteiger partial charge is 0.331 e. The summed E-state index contributed by atoms with van der Waals surface area (Å²) in [5.74, 6) is 0.358. The number of hydrogen-bond donors (Lipinski definition) is 1. The summed E-state index contributed by atoms with van der Waals surface area (Å²) in [5.41, 5.74) is 2.72. The fraction of sp³-hybridized carbons (Fsp3) is 0.250. The van der Waals surface area contributed by atoms with Crippen molar-refractivity contribution in [1.82, 2.24) is 14.5 Å². The lowest BCUT2D eigenvalue weighted by Gasteiger charge is -2.34. The third-order valence-corrected chi connectivity index (χ3v) is 5.47. The second-order valence-corrected chi connectivity index (χ2v) is 7.58. The molecule has 0 saturated carbocycles. The maximum atomic E-state index is 13.2. The van der Waals surface area contributed by atoms with E-state index in [0.717, 1.165) is 9.99 Å². The third kappa shape index (κ3) is 3.58. The normalized spacial score (nSPS) is 14.7. The van der Waals surface area contributed by atoms with Crippen LogP contribution in [0.4, 0.5) is 10.5 Å². The minimum absolute atomic E-state index is 0.0803. The van der Waals surface area contributed by atoms with Crippen molar-refractivity contribution in [3.05, 3.63) is 58.3 Å². The molecular formula is C20H19BrN4O4. The predicted octanol–water partition coefficient (Wildman–Crippen LogP) is 2.96. The molecule has 29 heavy (non-hydrogen) atoms. The van der Waals surface area contributed by atoms with Crippen LogP contribution >= 0.6 is 15.9 Å². The van der Waals surface area contributed by atoms with Crippen LogP contribution in [0.25, 0.3) is 5.52 Å². The van der Waals surface area contributed by atoms with E-state index in [1.165, 1.54) is 4.90 Å². The van der Waals surface area contributed by atoms with Crippen molar-refractivity contribution in [3.8, 4) is 5.75 Å². The van der Waals surface area contributed by atoms with Crippen LogP contribution in [0.3, 0.4) is 0 Å². The highest BCUT2D eigenvalue weighted by Gasteiger charge is 2.34. The van der Waals surface area contributed by atoms with E-state index in [2.05, 4.69) is 21.0 Å². The van der Waals surface area contributed by atoms with Crippen LogP contribution in [0.15, 0.2) is 47.2 Å². The number of fused-ring (bicyclic) bond motifs is 1. The van der Waals surface area contributed by atoms with Gasteiger partial charge in [-0.3, -0.25) is 14.6 Å². The van der Waals surface area contributed by atoms with E-state index in [4.69, 9.17) is 4.74 Å². The fourth-order valence-corrected chi connectivity index (χ4v) is 3.76. The third-order valence-electron chi connectivity index (χ3n) is 4.98. The number of imide groups is 1. The lowest BCUT2D eigenvalue weighted by Crippen LogP contribution is -2.52. The standard InChI is InChI=1S/C20H19BrN4O4/c1-29-16-3-2-13(14(8-16)12-26)11-24-19(27)5-6-23(20(24)28)18-10-22-25-7-4-15(21)9-17(18)25/h2-4,7-10,26H,5-6,11-12H2,1H3. The number of carbonyl (C=O) groups excluding carboxylic acids is 2. The van der Waals surface area contributed by atoms with Gasteiger partial charge >= 0.3 is 6.03 Å². The summed E-state index contributed by atoms with van der Waals surface area (Å²) in [4.78, 5) is 28.5. The fourth-order valence-electron chi connectivity index (χ4n) is 3.42. The highest BCUT2D eigenvalue weighted by Crippen LogP contribution is 2.29. The molecule has 1 aliphatic heterocycles. The van der Waals surface area contributed by atoms with Gasteiger partial charge in [0.2, 0.25) is 5.91 Å². The monoisotopic (exact) mass is 458 g/mol. The lowest BCUT2D eigenvalue weighted by molar-refractivity contribution is -0.129. The number of nitrogens with zero attached hydrogens (tertiary/aromatic N) is 4. The Morgan fingerprint density at radius 1 is 1.21 bits per heavy atom. The number of amides is 3. The van der Waals surface area contributed by atoms with Gasteiger partial charge in [-0.05, 0) is 35.4 Å². The maximum absolute atomic E-state index is 13.2. The van der Waals surface area contributed by atoms with Gasteiger partial charge in [0.25, 0.3) is 0 Å². The first-order valence-electron chi connectivity index (χ1n) is 9.03. The van der Waals surface area contributed by atoms with Gasteiger partial charge in [0, 0.05) is 23.6 Å². The molecule has 0 radical (unpaired) electrons. The molecule has 4 rings (SSSR count). The van der Waals surface area contributed by atoms with Gasteiger partial charge < -0.3 is 9.84 Å². The first kappa shape index (κ1) is 19.4. The number of methoxy groups -OCH3 is 1. The summed E-state index contributed by atoms with van der Waals surface area (Å²) in [6, 6.07) is 8.54. The van der Waals surface area contributed by atoms with E-state index in [9.17, 15) is 14.7 Å². The van der Waals surface area contributed by atoms with Crippen molar-refractivity contribution in [3.63, 3.8) is 0 Å². The van der Waals surface area contributed by atoms with Gasteiger partial charge in [0.1, 0.15) is 5.75 Å². The predicted molar refractivity (Wildman–Crippen MR) is 110 cm³/mol. The summed E-state index contributed by atoms with van der Waals surface area (Å²) in [6.07, 6.45) is 3.63. The number of aliphatic hydroxyl groups excluding tert-OH is 1. The zero-order valence-electron chi connectivity index (χ0n) is 15.7. The van der Waals surface area contributed by atoms with Crippen LogP contribution in [-0.4, -0.2) is 45.2 Å². The molecule has 0 spiro atoms. The van der Waals surface area contributed by atoms with Crippen molar-refractivity contribution in [2.24, 2.45) is 0 Å². The van der Waals surface area contributed by atoms with Crippen LogP contribution in [0.2, 0.25) is 0 Å². The Balaban J connectivity index is 1.65. The number of hydrogen-bond acceptors (Lipinski definition) is 5. The molecule has 3 heterocycles. The van der Waals surface area contributed by atoms with Gasteiger partial charge in [-0.25, -0.2) is 9.31 Å². The quantitative estimate of drug-likeness (QED) is 0.634. The van der Waals surface area contributed by atoms with Gasteiger partial charge in [0.05, 0.1) is 37.7 Å². The number of aromatic nitrogens is 2. The Hall–Kier alpha value is -2.91. The van der Waals surface area contributed by atoms with Crippen LogP contribution in [0.1, 0.15) is 17.5 Å². The number of halogens is 1. The Morgan fingerprint density at radius 2 is 2.03 bits per heavy atom. The summed E-state index contributed by atoms with van der Waals surface area (Å²) >= 11 is 3.44. The first-order chi connectivity index (χ1) is 14.0. The molecular weight excluding hydrogens is 440 g/mol. The number of urea groups is 1. The van der Waals surface area contributed by atoms with Crippen molar-refractivity contribution >= 4 is 39.1 Å². The van der Waals surface area contributed by atoms with Crippen LogP contribution in [0.5, 0.6) is 5.75 Å². The van der Waals surface area contributed by atoms with E-state index in [1.54, 1.807) is 47.1 Å². The molecule has 0 aliphatic carbocycles. The number of pyridine rings is 1. The molecule has 1 aromatic carbocycles. The molecule has 2 aromatic heterocycles. The van der Waals surface area contributed by atoms with Crippen molar-refractivity contribution in [2.45, 2.75) is 19.6 Å². The number of carbonyl (C=O) groups is 2. The molecule has 0 bridgehead atoms. The van der Waals surface area contributed by atoms with E-state index >= 15 is 0 Å². The summed E-state index contributed by atoms with van der Waals surface area (Å²) in [7, 11) is 1.54. The highest BCUT2D eigenvalue weighted by molar-refractivity contribution is 9.10. The second kappa shape index (κ2) is 7.84. The Kier molecular flexibility index (Phi) is 5.25. The molecule has 1 saturated heterocycles. The minimum Gasteiger partial charge on any atom is -0.497 e. The zero-order chi connectivity index (χ0) is 20.5. The molecule has 1 N–H and O–H groups in total. The van der Waals surface area contributed by atoms with Crippen LogP contribution < -0.4 is 9.64 Å². The Bertz CT molecular complexity index is 1100. The molecule has 3 aromatic rings. The molecule has 3 amide bonds. The average Bonchev–Trinajstić information content (AvgIpc) is 3.14. The lowest BCUT2D eigenvalue weighted by atomic mass is 10.1. The number of rotatable bonds is 5. The maximum Gasteiger partial charge on any atom is 0.331 e. The minimum atomic E-state index is -0.407. The SMILES string of the molecule is COc1ccc(CN2C(=O)CCN(c3cnn4ccc(Br)cc34)C2=O)c(CO)c1. The molecule has 9 heteroatoms. The summed E-state index contributed by atoms with van der Waals surface area (Å²) in [5, 5.41) is 14.0. The van der Waals surface area contributed by atoms with E-state index in [0.29, 0.717) is 22.6 Å². The van der Waals surface area contributed by atoms with Crippen LogP contribution in [-0.2, 0) is 17.9 Å². The van der Waals surface area contributed by atoms with Crippen LogP contribution in [0, 0.1) is 0 Å². The van der Waals surface area contributed by atoms with Gasteiger partial charge in [-0.15, -0.1) is 0 Å². The molecule has 1 fully saturated rings. The molecule has 0 atom stereocenters. The molecule has 1 aliphatic rings. The highest BCUT2D eigenvalue weighted by atomic mass is 79.9. The second-order valence-electron chi connectivity index (χ2n) is 6.66. The average molecular weight is 459 g/mol. The number of anilines is 1. The van der Waals surface area contributed by atoms with E-state index in [-0.39, 0.29) is 32.0 Å². The molecule has 150 valence electrons. The molecule has 0 unspecified atom stereocenters. The largest absolute Gasteiger partial charge is 0.497 e. The summed E-state index contributed by atoms with van der Waals surface area (Å²) in [6.45, 7) is 0.156. The topological polar surface area (TPSA) is 87.4 Å². The van der Waals surface area contributed by atoms with Crippen molar-refractivity contribution in [1.29, 1.82) is 0 Å². The number of ether oxygens (including phenoxy) is 1. The summed E-state index contributed by atoms with van der Waals surface area (Å²) < 4.78 is 7.73. The van der Waals surface area contributed by atoms with Crippen molar-refractivity contribution < 1.29 is 19.4 Å². The molecule has 8 nitrogen and oxygen atoms in total. The van der Waals surface area contributed by atoms with E-state index in [1.807, 2.05) is 12.1 Å². The Morgan fingerprint density at radius 3 is 2.79 bits per heavy atom. The first-order valence-corrected chi connectivity index (χ1v) is 9.82. The Labute approximate surface area is 175 Å². The number of aliphatic hydroxyl groups is 1. The number of benzene rings is 1. The van der Waals surface area contributed by atoms with Gasteiger partial charge in [0.15, 0.2) is 0 Å². The van der Waals surface area contributed by atoms with Gasteiger partial charge in [-0.2, -0.15) is 5.10 Å². The van der Waals surface area contributed by atoms with Crippen molar-refractivity contribution in [2.75, 3.05) is 18.6 Å². The van der Waals surface area contributed by atoms with Gasteiger partial charge in [-0.1, -0.05) is 22.0 Å².